The molecule has 0 radical (unpaired) electrons. The standard InChI is InChI=1S/C15H11BrClF3N2O/c1-2-23-8-22-13(9-3-5-10(17)6-4-9)11(7-21)12(16)14(22)15(18,19)20/h3-6H,2,8H2,1H3/i1D3,2D2. The summed E-state index contributed by atoms with van der Waals surface area (Å²) in [5.74, 6) is 0. The van der Waals surface area contributed by atoms with E-state index in [0.717, 1.165) is 0 Å². The van der Waals surface area contributed by atoms with Crippen LogP contribution in [0.1, 0.15) is 25.0 Å². The highest BCUT2D eigenvalue weighted by atomic mass is 79.9. The minimum atomic E-state index is -4.94. The van der Waals surface area contributed by atoms with E-state index in [9.17, 15) is 18.4 Å². The van der Waals surface area contributed by atoms with Gasteiger partial charge < -0.3 is 9.30 Å². The molecule has 0 aliphatic heterocycles. The lowest BCUT2D eigenvalue weighted by Crippen LogP contribution is -2.16. The zero-order valence-corrected chi connectivity index (χ0v) is 13.6. The molecule has 122 valence electrons. The normalized spacial score (nSPS) is 15.9. The number of hydrogen-bond acceptors (Lipinski definition) is 2. The molecule has 0 aliphatic rings. The van der Waals surface area contributed by atoms with Crippen LogP contribution in [0.2, 0.25) is 5.02 Å². The van der Waals surface area contributed by atoms with Crippen LogP contribution in [0.4, 0.5) is 13.2 Å². The number of benzene rings is 1. The molecular weight excluding hydrogens is 397 g/mol. The molecule has 23 heavy (non-hydrogen) atoms. The van der Waals surface area contributed by atoms with Crippen LogP contribution in [0.25, 0.3) is 11.3 Å². The second-order valence-electron chi connectivity index (χ2n) is 4.31. The minimum absolute atomic E-state index is 0.176. The number of alkyl halides is 3. The lowest BCUT2D eigenvalue weighted by molar-refractivity contribution is -0.146. The first kappa shape index (κ1) is 12.0. The molecule has 0 atom stereocenters. The summed E-state index contributed by atoms with van der Waals surface area (Å²) in [5.41, 5.74) is -1.72. The van der Waals surface area contributed by atoms with Crippen molar-refractivity contribution in [1.82, 2.24) is 4.57 Å². The lowest BCUT2D eigenvalue weighted by atomic mass is 10.1. The predicted octanol–water partition coefficient (Wildman–Crippen LogP) is 5.46. The van der Waals surface area contributed by atoms with Gasteiger partial charge in [0.25, 0.3) is 0 Å². The van der Waals surface area contributed by atoms with Gasteiger partial charge in [0, 0.05) is 15.7 Å². The van der Waals surface area contributed by atoms with Crippen molar-refractivity contribution < 1.29 is 24.8 Å². The third-order valence-corrected chi connectivity index (χ3v) is 3.99. The number of hydrogen-bond donors (Lipinski definition) is 0. The Labute approximate surface area is 151 Å². The Morgan fingerprint density at radius 1 is 1.43 bits per heavy atom. The minimum Gasteiger partial charge on any atom is -0.361 e. The molecule has 0 amide bonds. The first-order valence-electron chi connectivity index (χ1n) is 8.50. The van der Waals surface area contributed by atoms with Gasteiger partial charge >= 0.3 is 6.18 Å². The number of rotatable bonds is 4. The molecule has 0 unspecified atom stereocenters. The molecule has 0 saturated heterocycles. The van der Waals surface area contributed by atoms with Crippen LogP contribution in [0.15, 0.2) is 28.7 Å². The van der Waals surface area contributed by atoms with E-state index in [0.29, 0.717) is 9.59 Å². The van der Waals surface area contributed by atoms with Crippen LogP contribution < -0.4 is 0 Å². The van der Waals surface area contributed by atoms with Crippen LogP contribution in [0.3, 0.4) is 0 Å². The second-order valence-corrected chi connectivity index (χ2v) is 5.54. The summed E-state index contributed by atoms with van der Waals surface area (Å²) < 4.78 is 81.8. The molecule has 0 aliphatic carbocycles. The van der Waals surface area contributed by atoms with Crippen molar-refractivity contribution in [3.05, 3.63) is 45.0 Å². The predicted molar refractivity (Wildman–Crippen MR) is 83.9 cm³/mol. The van der Waals surface area contributed by atoms with Gasteiger partial charge in [0.15, 0.2) is 0 Å². The van der Waals surface area contributed by atoms with Gasteiger partial charge in [-0.05, 0) is 40.5 Å². The average Bonchev–Trinajstić information content (AvgIpc) is 2.84. The fraction of sp³-hybridized carbons (Fsp3) is 0.267. The molecule has 8 heteroatoms. The largest absolute Gasteiger partial charge is 0.432 e. The highest BCUT2D eigenvalue weighted by Crippen LogP contribution is 2.43. The molecular formula is C15H11BrClF3N2O. The van der Waals surface area contributed by atoms with Crippen LogP contribution in [-0.4, -0.2) is 11.1 Å². The van der Waals surface area contributed by atoms with Crippen molar-refractivity contribution in [3.63, 3.8) is 0 Å². The van der Waals surface area contributed by atoms with Crippen molar-refractivity contribution >= 4 is 27.5 Å². The number of halogens is 5. The fourth-order valence-corrected chi connectivity index (χ4v) is 2.94. The van der Waals surface area contributed by atoms with Gasteiger partial charge in [-0.25, -0.2) is 0 Å². The third-order valence-electron chi connectivity index (χ3n) is 2.97. The molecule has 0 N–H and O–H groups in total. The van der Waals surface area contributed by atoms with E-state index in [2.05, 4.69) is 15.9 Å². The fourth-order valence-electron chi connectivity index (χ4n) is 2.10. The van der Waals surface area contributed by atoms with Gasteiger partial charge in [0.1, 0.15) is 18.5 Å². The van der Waals surface area contributed by atoms with E-state index in [1.54, 1.807) is 6.07 Å². The maximum absolute atomic E-state index is 13.6. The highest BCUT2D eigenvalue weighted by Gasteiger charge is 2.40. The van der Waals surface area contributed by atoms with Gasteiger partial charge in [0.2, 0.25) is 0 Å². The van der Waals surface area contributed by atoms with Gasteiger partial charge in [0.05, 0.1) is 18.5 Å². The first-order chi connectivity index (χ1) is 12.7. The van der Waals surface area contributed by atoms with E-state index >= 15 is 0 Å². The molecule has 0 spiro atoms. The summed E-state index contributed by atoms with van der Waals surface area (Å²) in [4.78, 5) is 0. The first-order valence-corrected chi connectivity index (χ1v) is 7.17. The van der Waals surface area contributed by atoms with Crippen LogP contribution in [0.5, 0.6) is 0 Å². The number of nitriles is 1. The number of nitrogens with zero attached hydrogens (tertiary/aromatic N) is 2. The Morgan fingerprint density at radius 2 is 2.09 bits per heavy atom. The summed E-state index contributed by atoms with van der Waals surface area (Å²) in [6.07, 6.45) is -4.94. The Balaban J connectivity index is 2.70. The second kappa shape index (κ2) is 6.95. The Bertz CT molecular complexity index is 920. The zero-order chi connectivity index (χ0) is 21.5. The number of ether oxygens (including phenoxy) is 1. The monoisotopic (exact) mass is 411 g/mol. The smallest absolute Gasteiger partial charge is 0.361 e. The van der Waals surface area contributed by atoms with Crippen LogP contribution in [0, 0.1) is 11.3 Å². The molecule has 2 aromatic rings. The molecule has 1 aromatic heterocycles. The number of aromatic nitrogens is 1. The molecule has 0 bridgehead atoms. The van der Waals surface area contributed by atoms with Crippen molar-refractivity contribution in [1.29, 1.82) is 5.26 Å². The van der Waals surface area contributed by atoms with Crippen molar-refractivity contribution in [2.75, 3.05) is 6.56 Å². The molecule has 2 rings (SSSR count). The van der Waals surface area contributed by atoms with Gasteiger partial charge in [-0.3, -0.25) is 0 Å². The van der Waals surface area contributed by atoms with E-state index in [-0.39, 0.29) is 16.8 Å². The topological polar surface area (TPSA) is 38.0 Å². The van der Waals surface area contributed by atoms with Crippen LogP contribution in [-0.2, 0) is 17.6 Å². The molecule has 1 heterocycles. The summed E-state index contributed by atoms with van der Waals surface area (Å²) in [5, 5.41) is 9.70. The van der Waals surface area contributed by atoms with Gasteiger partial charge in [-0.15, -0.1) is 0 Å². The average molecular weight is 413 g/mol. The molecule has 0 saturated carbocycles. The zero-order valence-electron chi connectivity index (χ0n) is 16.2. The third kappa shape index (κ3) is 3.55. The molecule has 3 nitrogen and oxygen atoms in total. The summed E-state index contributed by atoms with van der Waals surface area (Å²) in [6, 6.07) is 7.23. The molecule has 1 aromatic carbocycles. The SMILES string of the molecule is [2H]C([2H])([2H])C([2H])([2H])OCn1c(-c2ccc(Cl)cc2)c(C#N)c(Br)c1C(F)(F)F. The lowest BCUT2D eigenvalue weighted by Gasteiger charge is -2.15. The maximum atomic E-state index is 13.6. The van der Waals surface area contributed by atoms with Gasteiger partial charge in [-0.2, -0.15) is 18.4 Å². The Morgan fingerprint density at radius 3 is 2.61 bits per heavy atom. The Hall–Kier alpha value is -1.49. The summed E-state index contributed by atoms with van der Waals surface area (Å²) in [6.45, 7) is -7.54. The highest BCUT2D eigenvalue weighted by molar-refractivity contribution is 9.10. The van der Waals surface area contributed by atoms with Crippen molar-refractivity contribution in [2.24, 2.45) is 0 Å². The van der Waals surface area contributed by atoms with E-state index < -0.39 is 36.5 Å². The maximum Gasteiger partial charge on any atom is 0.432 e. The van der Waals surface area contributed by atoms with Crippen molar-refractivity contribution in [2.45, 2.75) is 19.8 Å². The summed E-state index contributed by atoms with van der Waals surface area (Å²) in [7, 11) is 0. The summed E-state index contributed by atoms with van der Waals surface area (Å²) >= 11 is 8.57. The van der Waals surface area contributed by atoms with E-state index in [1.807, 2.05) is 0 Å². The van der Waals surface area contributed by atoms with Crippen LogP contribution >= 0.6 is 27.5 Å². The van der Waals surface area contributed by atoms with E-state index in [1.165, 1.54) is 24.3 Å². The Kier molecular flexibility index (Phi) is 3.61. The van der Waals surface area contributed by atoms with Gasteiger partial charge in [-0.1, -0.05) is 23.7 Å². The molecule has 0 fully saturated rings. The van der Waals surface area contributed by atoms with E-state index in [4.69, 9.17) is 23.2 Å². The van der Waals surface area contributed by atoms with Crippen molar-refractivity contribution in [3.8, 4) is 17.3 Å². The quantitative estimate of drug-likeness (QED) is 0.669.